The number of carbonyl (C=O) groups excluding carboxylic acids is 4. The first-order valence-corrected chi connectivity index (χ1v) is 25.9. The fourth-order valence-corrected chi connectivity index (χ4v) is 11.7. The molecule has 0 aliphatic carbocycles. The van der Waals surface area contributed by atoms with E-state index in [4.69, 9.17) is 24.7 Å². The predicted octanol–water partition coefficient (Wildman–Crippen LogP) is 8.27. The summed E-state index contributed by atoms with van der Waals surface area (Å²) in [6, 6.07) is 26.8. The molecule has 5 atom stereocenters. The number of nitrogens with zero attached hydrogens (tertiary/aromatic N) is 2. The van der Waals surface area contributed by atoms with Crippen LogP contribution in [0.15, 0.2) is 91.0 Å². The van der Waals surface area contributed by atoms with Crippen LogP contribution in [0, 0.1) is 0 Å². The molecule has 3 heterocycles. The van der Waals surface area contributed by atoms with E-state index in [9.17, 15) is 29.4 Å². The Morgan fingerprint density at radius 3 is 2.06 bits per heavy atom. The lowest BCUT2D eigenvalue weighted by atomic mass is 10.1. The van der Waals surface area contributed by atoms with E-state index in [1.54, 1.807) is 55.7 Å². The molecule has 3 aliphatic rings. The van der Waals surface area contributed by atoms with Gasteiger partial charge < -0.3 is 60.6 Å². The number of hydrogen-bond acceptors (Lipinski definition) is 14. The maximum Gasteiger partial charge on any atom is 0.260 e. The summed E-state index contributed by atoms with van der Waals surface area (Å²) < 4.78 is 24.4. The van der Waals surface area contributed by atoms with Crippen molar-refractivity contribution in [2.45, 2.75) is 101 Å². The summed E-state index contributed by atoms with van der Waals surface area (Å²) in [5, 5.41) is 30.9. The van der Waals surface area contributed by atoms with Crippen molar-refractivity contribution < 1.29 is 48.3 Å². The van der Waals surface area contributed by atoms with Crippen molar-refractivity contribution in [2.24, 2.45) is 5.73 Å². The van der Waals surface area contributed by atoms with Crippen molar-refractivity contribution in [3.8, 4) is 23.0 Å². The highest BCUT2D eigenvalue weighted by Crippen LogP contribution is 2.43. The van der Waals surface area contributed by atoms with Gasteiger partial charge in [-0.2, -0.15) is 0 Å². The van der Waals surface area contributed by atoms with Gasteiger partial charge in [0.2, 0.25) is 11.8 Å². The lowest BCUT2D eigenvalue weighted by Gasteiger charge is -2.26. The maximum atomic E-state index is 14.2. The zero-order valence-electron chi connectivity index (χ0n) is 40.4. The monoisotopic (exact) mass is 1000 g/mol. The van der Waals surface area contributed by atoms with Crippen LogP contribution < -0.4 is 50.4 Å². The van der Waals surface area contributed by atoms with E-state index in [0.29, 0.717) is 94.4 Å². The van der Waals surface area contributed by atoms with Crippen LogP contribution in [0.25, 0.3) is 0 Å². The van der Waals surface area contributed by atoms with Crippen molar-refractivity contribution in [1.29, 1.82) is 0 Å². The van der Waals surface area contributed by atoms with Crippen LogP contribution in [-0.4, -0.2) is 83.6 Å². The molecule has 5 aromatic carbocycles. The summed E-state index contributed by atoms with van der Waals surface area (Å²) in [6.45, 7) is 5.68. The van der Waals surface area contributed by atoms with Gasteiger partial charge in [-0.1, -0.05) is 71.8 Å². The van der Waals surface area contributed by atoms with Crippen molar-refractivity contribution in [3.05, 3.63) is 124 Å². The molecule has 3 unspecified atom stereocenters. The highest BCUT2D eigenvalue weighted by atomic mass is 33.1. The number of nitrogens with one attached hydrogen (secondary N) is 3. The summed E-state index contributed by atoms with van der Waals surface area (Å²) in [5.41, 5.74) is 12.2. The van der Waals surface area contributed by atoms with Crippen LogP contribution in [0.5, 0.6) is 23.0 Å². The highest BCUT2D eigenvalue weighted by molar-refractivity contribution is 8.77. The quantitative estimate of drug-likeness (QED) is 0.0302. The average molecular weight is 1010 g/mol. The first-order chi connectivity index (χ1) is 34.2. The topological polar surface area (TPSA) is 214 Å². The minimum absolute atomic E-state index is 0.00117. The molecule has 0 fully saturated rings. The number of aliphatic hydroxyl groups is 2. The molecule has 7 N–H and O–H groups in total. The van der Waals surface area contributed by atoms with Gasteiger partial charge in [0, 0.05) is 58.6 Å². The predicted molar refractivity (Wildman–Crippen MR) is 279 cm³/mol. The highest BCUT2D eigenvalue weighted by Gasteiger charge is 2.42. The number of carbonyl (C=O) groups is 4. The molecule has 8 rings (SSSR count). The largest absolute Gasteiger partial charge is 0.493 e. The Labute approximate surface area is 421 Å². The normalized spacial score (nSPS) is 17.4. The Balaban J connectivity index is 1.03. The summed E-state index contributed by atoms with van der Waals surface area (Å²) >= 11 is 0. The number of aliphatic hydroxyl groups excluding tert-OH is 2. The van der Waals surface area contributed by atoms with E-state index in [2.05, 4.69) is 29.8 Å². The second kappa shape index (κ2) is 22.6. The first kappa shape index (κ1) is 50.8. The molecule has 0 bridgehead atoms. The number of hydrogen-bond donors (Lipinski definition) is 6. The third-order valence-electron chi connectivity index (χ3n) is 12.7. The minimum Gasteiger partial charge on any atom is -0.493 e. The van der Waals surface area contributed by atoms with Crippen LogP contribution in [-0.2, 0) is 35.6 Å². The Bertz CT molecular complexity index is 2790. The zero-order valence-corrected chi connectivity index (χ0v) is 42.0. The number of ether oxygens (including phenoxy) is 4. The molecule has 0 aromatic heterocycles. The van der Waals surface area contributed by atoms with Crippen LogP contribution in [0.4, 0.5) is 28.4 Å². The lowest BCUT2D eigenvalue weighted by molar-refractivity contribution is -0.118. The van der Waals surface area contributed by atoms with Gasteiger partial charge in [0.05, 0.1) is 42.8 Å². The third kappa shape index (κ3) is 11.6. The van der Waals surface area contributed by atoms with E-state index < -0.39 is 19.0 Å². The van der Waals surface area contributed by atoms with Gasteiger partial charge in [-0.25, -0.2) is 0 Å². The van der Waals surface area contributed by atoms with Crippen molar-refractivity contribution in [1.82, 2.24) is 0 Å². The molecule has 71 heavy (non-hydrogen) atoms. The van der Waals surface area contributed by atoms with E-state index in [-0.39, 0.29) is 59.8 Å². The second-order valence-electron chi connectivity index (χ2n) is 18.0. The first-order valence-electron chi connectivity index (χ1n) is 23.6. The number of amides is 4. The van der Waals surface area contributed by atoms with Crippen molar-refractivity contribution in [3.63, 3.8) is 0 Å². The molecule has 374 valence electrons. The van der Waals surface area contributed by atoms with Gasteiger partial charge >= 0.3 is 0 Å². The van der Waals surface area contributed by atoms with E-state index in [1.807, 2.05) is 73.7 Å². The lowest BCUT2D eigenvalue weighted by Crippen LogP contribution is -2.45. The number of primary amides is 1. The fraction of sp³-hybridized carbons (Fsp3) is 0.358. The Kier molecular flexibility index (Phi) is 16.2. The summed E-state index contributed by atoms with van der Waals surface area (Å²) in [6.07, 6.45) is 2.03. The third-order valence-corrected chi connectivity index (χ3v) is 16.3. The molecule has 0 saturated heterocycles. The maximum absolute atomic E-state index is 14.2. The van der Waals surface area contributed by atoms with Crippen molar-refractivity contribution >= 4 is 73.7 Å². The molecule has 5 aromatic rings. The van der Waals surface area contributed by atoms with Crippen LogP contribution >= 0.6 is 21.6 Å². The number of fused-ring (bicyclic) bond motifs is 5. The van der Waals surface area contributed by atoms with E-state index >= 15 is 0 Å². The number of anilines is 5. The van der Waals surface area contributed by atoms with Crippen LogP contribution in [0.3, 0.4) is 0 Å². The molecular formula is C53H60N6O10S2. The van der Waals surface area contributed by atoms with Gasteiger partial charge in [-0.15, -0.1) is 0 Å². The van der Waals surface area contributed by atoms with Gasteiger partial charge in [0.15, 0.2) is 23.0 Å². The molecule has 0 saturated carbocycles. The molecule has 0 spiro atoms. The van der Waals surface area contributed by atoms with Crippen molar-refractivity contribution in [2.75, 3.05) is 46.7 Å². The number of methoxy groups -OCH3 is 2. The summed E-state index contributed by atoms with van der Waals surface area (Å²) in [4.78, 5) is 56.5. The number of para-hydroxylation sites is 2. The van der Waals surface area contributed by atoms with E-state index in [1.165, 1.54) is 14.2 Å². The standard InChI is InChI=1S/C53H60N6O10S2/c1-30-18-35-10-6-8-12-42(35)58(30)52(64)38-23-45(66-4)47(25-40(38)55-29-60)68-27-33-19-34(21-37(20-33)56-50(62)17-15-32(3)71-70-31(2)14-16-49(54)61)28-69-48-26-41-39(24-46(48)67-5)53(65)59-43-13-9-7-11-36(43)22-44(59)51(63)57-41/h6-13,19-21,23-26,30-32,44,51,55,57,60,63H,14-18,22,27-29H2,1-5H3,(H2,54,61)(H,56,62)/t30-,31?,32?,44+,51?/m1/s1. The number of nitrogens with two attached hydrogens (primary N) is 1. The zero-order chi connectivity index (χ0) is 50.3. The average Bonchev–Trinajstić information content (AvgIpc) is 3.90. The molecule has 18 heteroatoms. The number of benzene rings is 5. The van der Waals surface area contributed by atoms with Gasteiger partial charge in [-0.05, 0) is 97.3 Å². The molecular weight excluding hydrogens is 945 g/mol. The van der Waals surface area contributed by atoms with Gasteiger partial charge in [0.25, 0.3) is 11.8 Å². The molecule has 3 aliphatic heterocycles. The Hall–Kier alpha value is -6.60. The van der Waals surface area contributed by atoms with Crippen LogP contribution in [0.2, 0.25) is 0 Å². The SMILES string of the molecule is COc1cc(C(=O)N2c3ccccc3C[C@H]2C)c(NCO)cc1OCc1cc(COc2cc3c(cc2OC)C(=O)N2c4ccccc4C[C@H]2C(O)N3)cc(NC(=O)CCC(C)SSC(C)CCC(N)=O)c1. The second-order valence-corrected chi connectivity index (χ2v) is 21.1. The van der Waals surface area contributed by atoms with Gasteiger partial charge in [0.1, 0.15) is 26.2 Å². The minimum atomic E-state index is -1.06. The Morgan fingerprint density at radius 1 is 0.803 bits per heavy atom. The molecule has 0 radical (unpaired) electrons. The van der Waals surface area contributed by atoms with Gasteiger partial charge in [-0.3, -0.25) is 19.2 Å². The van der Waals surface area contributed by atoms with Crippen LogP contribution in [0.1, 0.15) is 89.4 Å². The fourth-order valence-electron chi connectivity index (χ4n) is 9.20. The summed E-state index contributed by atoms with van der Waals surface area (Å²) in [7, 11) is 6.34. The molecule has 4 amide bonds. The summed E-state index contributed by atoms with van der Waals surface area (Å²) in [5.74, 6) is 0.195. The Morgan fingerprint density at radius 2 is 1.41 bits per heavy atom. The van der Waals surface area contributed by atoms with E-state index in [0.717, 1.165) is 22.5 Å². The number of rotatable bonds is 21. The smallest absolute Gasteiger partial charge is 0.260 e. The molecule has 16 nitrogen and oxygen atoms in total.